The fourth-order valence-electron chi connectivity index (χ4n) is 2.37. The van der Waals surface area contributed by atoms with Gasteiger partial charge in [-0.25, -0.2) is 4.98 Å². The van der Waals surface area contributed by atoms with Crippen molar-refractivity contribution in [3.8, 4) is 0 Å². The van der Waals surface area contributed by atoms with E-state index in [1.54, 1.807) is 25.1 Å². The Labute approximate surface area is 118 Å². The number of nitrogens with one attached hydrogen (secondary N) is 2. The number of sulfonamides is 1. The summed E-state index contributed by atoms with van der Waals surface area (Å²) in [7, 11) is -3.65. The summed E-state index contributed by atoms with van der Waals surface area (Å²) in [5.74, 6) is 0. The number of hydrogen-bond acceptors (Lipinski definition) is 4. The molecule has 0 fully saturated rings. The number of anilines is 1. The highest BCUT2D eigenvalue weighted by atomic mass is 32.2. The lowest BCUT2D eigenvalue weighted by molar-refractivity contribution is 0.596. The Morgan fingerprint density at radius 1 is 1.20 bits per heavy atom. The molecule has 1 aliphatic heterocycles. The molecule has 6 heteroatoms. The summed E-state index contributed by atoms with van der Waals surface area (Å²) >= 11 is 0. The third kappa shape index (κ3) is 2.28. The molecule has 2 aromatic rings. The number of benzene rings is 1. The maximum Gasteiger partial charge on any atom is 0.279 e. The van der Waals surface area contributed by atoms with Gasteiger partial charge < -0.3 is 5.32 Å². The largest absolute Gasteiger partial charge is 0.309 e. The summed E-state index contributed by atoms with van der Waals surface area (Å²) in [6.07, 6.45) is 1.48. The van der Waals surface area contributed by atoms with Crippen LogP contribution in [-0.2, 0) is 23.1 Å². The Kier molecular flexibility index (Phi) is 3.19. The maximum absolute atomic E-state index is 12.4. The quantitative estimate of drug-likeness (QED) is 0.904. The number of aryl methyl sites for hydroxylation is 1. The minimum absolute atomic E-state index is 0.0727. The van der Waals surface area contributed by atoms with Gasteiger partial charge in [-0.05, 0) is 35.7 Å². The number of hydrogen-bond donors (Lipinski definition) is 2. The zero-order chi connectivity index (χ0) is 14.2. The van der Waals surface area contributed by atoms with Crippen LogP contribution in [0.15, 0.2) is 41.6 Å². The second-order valence-electron chi connectivity index (χ2n) is 4.78. The minimum atomic E-state index is -3.65. The molecule has 1 aromatic carbocycles. The summed E-state index contributed by atoms with van der Waals surface area (Å²) in [6, 6.07) is 9.09. The van der Waals surface area contributed by atoms with Crippen molar-refractivity contribution in [3.05, 3.63) is 53.2 Å². The van der Waals surface area contributed by atoms with E-state index in [4.69, 9.17) is 0 Å². The van der Waals surface area contributed by atoms with Gasteiger partial charge in [-0.2, -0.15) is 8.42 Å². The van der Waals surface area contributed by atoms with Crippen LogP contribution in [0.25, 0.3) is 0 Å². The molecular weight excluding hydrogens is 274 g/mol. The van der Waals surface area contributed by atoms with Crippen LogP contribution in [0.2, 0.25) is 0 Å². The average molecular weight is 289 g/mol. The van der Waals surface area contributed by atoms with Gasteiger partial charge in [0.05, 0.1) is 5.69 Å². The molecule has 0 spiro atoms. The van der Waals surface area contributed by atoms with Gasteiger partial charge in [0, 0.05) is 19.3 Å². The normalized spacial score (nSPS) is 14.1. The Bertz CT molecular complexity index is 757. The van der Waals surface area contributed by atoms with Crippen molar-refractivity contribution < 1.29 is 8.42 Å². The molecule has 104 valence electrons. The predicted molar refractivity (Wildman–Crippen MR) is 76.8 cm³/mol. The van der Waals surface area contributed by atoms with Gasteiger partial charge in [-0.1, -0.05) is 18.2 Å². The first-order chi connectivity index (χ1) is 9.58. The Hall–Kier alpha value is -1.92. The van der Waals surface area contributed by atoms with Crippen LogP contribution in [-0.4, -0.2) is 13.4 Å². The van der Waals surface area contributed by atoms with E-state index < -0.39 is 10.0 Å². The minimum Gasteiger partial charge on any atom is -0.309 e. The molecule has 0 aliphatic carbocycles. The van der Waals surface area contributed by atoms with Gasteiger partial charge in [0.15, 0.2) is 5.03 Å². The van der Waals surface area contributed by atoms with Crippen molar-refractivity contribution in [1.29, 1.82) is 0 Å². The molecule has 3 rings (SSSR count). The monoisotopic (exact) mass is 289 g/mol. The first-order valence-corrected chi connectivity index (χ1v) is 7.82. The fourth-order valence-corrected chi connectivity index (χ4v) is 3.64. The molecule has 2 heterocycles. The predicted octanol–water partition coefficient (Wildman–Crippen LogP) is 1.79. The van der Waals surface area contributed by atoms with Crippen molar-refractivity contribution in [2.24, 2.45) is 0 Å². The lowest BCUT2D eigenvalue weighted by atomic mass is 10.1. The zero-order valence-corrected chi connectivity index (χ0v) is 11.9. The number of pyridine rings is 1. The van der Waals surface area contributed by atoms with E-state index in [0.29, 0.717) is 17.8 Å². The second-order valence-corrected chi connectivity index (χ2v) is 6.38. The molecule has 0 atom stereocenters. The molecule has 0 saturated carbocycles. The van der Waals surface area contributed by atoms with E-state index in [1.165, 1.54) is 6.20 Å². The molecule has 1 aromatic heterocycles. The first kappa shape index (κ1) is 13.1. The van der Waals surface area contributed by atoms with Crippen LogP contribution in [0.5, 0.6) is 0 Å². The SMILES string of the molecule is Cc1cccnc1S(=O)(=O)Nc1cccc2c1CNC2. The summed E-state index contributed by atoms with van der Waals surface area (Å²) in [5.41, 5.74) is 3.39. The molecule has 0 amide bonds. The van der Waals surface area contributed by atoms with Gasteiger partial charge >= 0.3 is 0 Å². The van der Waals surface area contributed by atoms with E-state index >= 15 is 0 Å². The Morgan fingerprint density at radius 3 is 2.85 bits per heavy atom. The Morgan fingerprint density at radius 2 is 2.05 bits per heavy atom. The first-order valence-electron chi connectivity index (χ1n) is 6.34. The van der Waals surface area contributed by atoms with E-state index in [2.05, 4.69) is 15.0 Å². The van der Waals surface area contributed by atoms with E-state index in [-0.39, 0.29) is 5.03 Å². The van der Waals surface area contributed by atoms with Gasteiger partial charge in [-0.3, -0.25) is 4.72 Å². The highest BCUT2D eigenvalue weighted by Gasteiger charge is 2.21. The van der Waals surface area contributed by atoms with Gasteiger partial charge in [0.2, 0.25) is 0 Å². The smallest absolute Gasteiger partial charge is 0.279 e. The van der Waals surface area contributed by atoms with Crippen molar-refractivity contribution >= 4 is 15.7 Å². The van der Waals surface area contributed by atoms with Crippen LogP contribution >= 0.6 is 0 Å². The third-order valence-corrected chi connectivity index (χ3v) is 4.78. The van der Waals surface area contributed by atoms with Gasteiger partial charge in [0.1, 0.15) is 0 Å². The van der Waals surface area contributed by atoms with E-state index in [9.17, 15) is 8.42 Å². The third-order valence-electron chi connectivity index (χ3n) is 3.35. The molecule has 5 nitrogen and oxygen atoms in total. The topological polar surface area (TPSA) is 71.1 Å². The fraction of sp³-hybridized carbons (Fsp3) is 0.214. The highest BCUT2D eigenvalue weighted by molar-refractivity contribution is 7.92. The van der Waals surface area contributed by atoms with Crippen LogP contribution < -0.4 is 10.0 Å². The van der Waals surface area contributed by atoms with Crippen LogP contribution in [0.4, 0.5) is 5.69 Å². The van der Waals surface area contributed by atoms with Crippen molar-refractivity contribution in [3.63, 3.8) is 0 Å². The Balaban J connectivity index is 2.00. The van der Waals surface area contributed by atoms with E-state index in [0.717, 1.165) is 17.7 Å². The highest BCUT2D eigenvalue weighted by Crippen LogP contribution is 2.26. The molecule has 1 aliphatic rings. The summed E-state index contributed by atoms with van der Waals surface area (Å²) in [4.78, 5) is 3.97. The lowest BCUT2D eigenvalue weighted by Gasteiger charge is -2.12. The molecule has 0 saturated heterocycles. The standard InChI is InChI=1S/C14H15N3O2S/c1-10-4-3-7-16-14(10)20(18,19)17-13-6-2-5-11-8-15-9-12(11)13/h2-7,15,17H,8-9H2,1H3. The molecule has 20 heavy (non-hydrogen) atoms. The van der Waals surface area contributed by atoms with Crippen LogP contribution in [0.1, 0.15) is 16.7 Å². The number of fused-ring (bicyclic) bond motifs is 1. The van der Waals surface area contributed by atoms with Crippen LogP contribution in [0.3, 0.4) is 0 Å². The van der Waals surface area contributed by atoms with Gasteiger partial charge in [-0.15, -0.1) is 0 Å². The molecule has 0 radical (unpaired) electrons. The summed E-state index contributed by atoms with van der Waals surface area (Å²) in [5, 5.41) is 3.29. The van der Waals surface area contributed by atoms with Crippen molar-refractivity contribution in [2.45, 2.75) is 25.0 Å². The molecule has 0 unspecified atom stereocenters. The zero-order valence-electron chi connectivity index (χ0n) is 11.1. The van der Waals surface area contributed by atoms with Crippen LogP contribution in [0, 0.1) is 6.92 Å². The van der Waals surface area contributed by atoms with E-state index in [1.807, 2.05) is 12.1 Å². The molecule has 2 N–H and O–H groups in total. The van der Waals surface area contributed by atoms with Crippen molar-refractivity contribution in [1.82, 2.24) is 10.3 Å². The lowest BCUT2D eigenvalue weighted by Crippen LogP contribution is -2.17. The molecular formula is C14H15N3O2S. The number of nitrogens with zero attached hydrogens (tertiary/aromatic N) is 1. The summed E-state index contributed by atoms with van der Waals surface area (Å²) < 4.78 is 27.5. The average Bonchev–Trinajstić information content (AvgIpc) is 2.88. The second kappa shape index (κ2) is 4.88. The number of rotatable bonds is 3. The molecule has 0 bridgehead atoms. The maximum atomic E-state index is 12.4. The number of aromatic nitrogens is 1. The summed E-state index contributed by atoms with van der Waals surface area (Å²) in [6.45, 7) is 3.18. The van der Waals surface area contributed by atoms with Gasteiger partial charge in [0.25, 0.3) is 10.0 Å². The van der Waals surface area contributed by atoms with Crippen molar-refractivity contribution in [2.75, 3.05) is 4.72 Å².